The lowest BCUT2D eigenvalue weighted by Crippen LogP contribution is -2.13. The summed E-state index contributed by atoms with van der Waals surface area (Å²) in [6.07, 6.45) is 0. The van der Waals surface area contributed by atoms with E-state index in [0.29, 0.717) is 23.6 Å². The molecule has 2 rings (SSSR count). The zero-order valence-electron chi connectivity index (χ0n) is 9.05. The molecule has 0 radical (unpaired) electrons. The topological polar surface area (TPSA) is 78.3 Å². The minimum atomic E-state index is -0.544. The van der Waals surface area contributed by atoms with Gasteiger partial charge in [-0.2, -0.15) is 11.3 Å². The molecule has 4 nitrogen and oxygen atoms in total. The smallest absolute Gasteiger partial charge is 0.252 e. The first-order chi connectivity index (χ1) is 8.16. The fourth-order valence-corrected chi connectivity index (χ4v) is 2.06. The minimum absolute atomic E-state index is 0.306. The molecular weight excluding hydrogens is 236 g/mol. The van der Waals surface area contributed by atoms with Gasteiger partial charge < -0.3 is 16.2 Å². The predicted molar refractivity (Wildman–Crippen MR) is 68.0 cm³/mol. The van der Waals surface area contributed by atoms with Crippen LogP contribution in [0, 0.1) is 0 Å². The van der Waals surface area contributed by atoms with Crippen molar-refractivity contribution in [1.82, 2.24) is 0 Å². The fraction of sp³-hybridized carbons (Fsp3) is 0.0833. The number of thiophene rings is 1. The van der Waals surface area contributed by atoms with Crippen molar-refractivity contribution in [2.24, 2.45) is 5.73 Å². The summed E-state index contributed by atoms with van der Waals surface area (Å²) in [6.45, 7) is 0.410. The third kappa shape index (κ3) is 2.76. The monoisotopic (exact) mass is 248 g/mol. The maximum absolute atomic E-state index is 11.2. The third-order valence-electron chi connectivity index (χ3n) is 2.24. The summed E-state index contributed by atoms with van der Waals surface area (Å²) in [5.74, 6) is -0.0875. The first-order valence-corrected chi connectivity index (χ1v) is 5.94. The molecule has 1 amide bonds. The Hall–Kier alpha value is -2.01. The van der Waals surface area contributed by atoms with Gasteiger partial charge >= 0.3 is 0 Å². The van der Waals surface area contributed by atoms with E-state index in [1.165, 1.54) is 6.07 Å². The van der Waals surface area contributed by atoms with Crippen LogP contribution in [-0.4, -0.2) is 5.91 Å². The average Bonchev–Trinajstić information content (AvgIpc) is 2.80. The number of carbonyl (C=O) groups excluding carboxylic acids is 1. The van der Waals surface area contributed by atoms with Gasteiger partial charge in [-0.25, -0.2) is 0 Å². The van der Waals surface area contributed by atoms with Crippen LogP contribution in [0.2, 0.25) is 0 Å². The van der Waals surface area contributed by atoms with Crippen LogP contribution >= 0.6 is 11.3 Å². The van der Waals surface area contributed by atoms with E-state index in [-0.39, 0.29) is 0 Å². The first-order valence-electron chi connectivity index (χ1n) is 5.00. The predicted octanol–water partition coefficient (Wildman–Crippen LogP) is 2.01. The summed E-state index contributed by atoms with van der Waals surface area (Å²) >= 11 is 1.60. The Morgan fingerprint density at radius 3 is 2.82 bits per heavy atom. The van der Waals surface area contributed by atoms with Crippen LogP contribution in [0.4, 0.5) is 5.69 Å². The molecule has 0 bridgehead atoms. The number of carbonyl (C=O) groups is 1. The van der Waals surface area contributed by atoms with Gasteiger partial charge in [-0.1, -0.05) is 0 Å². The normalized spacial score (nSPS) is 10.1. The van der Waals surface area contributed by atoms with Crippen molar-refractivity contribution in [2.45, 2.75) is 6.61 Å². The number of amides is 1. The number of primary amides is 1. The second kappa shape index (κ2) is 4.88. The Morgan fingerprint density at radius 1 is 1.35 bits per heavy atom. The van der Waals surface area contributed by atoms with E-state index in [9.17, 15) is 4.79 Å². The Balaban J connectivity index is 2.17. The zero-order chi connectivity index (χ0) is 12.3. The van der Waals surface area contributed by atoms with E-state index >= 15 is 0 Å². The fourth-order valence-electron chi connectivity index (χ4n) is 1.40. The summed E-state index contributed by atoms with van der Waals surface area (Å²) in [6, 6.07) is 6.81. The van der Waals surface area contributed by atoms with Crippen molar-refractivity contribution in [3.63, 3.8) is 0 Å². The average molecular weight is 248 g/mol. The lowest BCUT2D eigenvalue weighted by atomic mass is 10.1. The van der Waals surface area contributed by atoms with Gasteiger partial charge in [-0.15, -0.1) is 0 Å². The molecule has 5 heteroatoms. The van der Waals surface area contributed by atoms with Crippen LogP contribution in [0.15, 0.2) is 35.0 Å². The number of hydrogen-bond donors (Lipinski definition) is 2. The van der Waals surface area contributed by atoms with Crippen LogP contribution in [0.1, 0.15) is 15.9 Å². The van der Waals surface area contributed by atoms with Gasteiger partial charge in [0.25, 0.3) is 5.91 Å². The second-order valence-corrected chi connectivity index (χ2v) is 4.32. The number of rotatable bonds is 4. The molecular formula is C12H12N2O2S. The number of anilines is 1. The van der Waals surface area contributed by atoms with Crippen molar-refractivity contribution in [3.8, 4) is 5.75 Å². The van der Waals surface area contributed by atoms with Crippen molar-refractivity contribution in [3.05, 3.63) is 46.2 Å². The van der Waals surface area contributed by atoms with Crippen LogP contribution in [0.25, 0.3) is 0 Å². The first kappa shape index (κ1) is 11.5. The van der Waals surface area contributed by atoms with E-state index in [4.69, 9.17) is 16.2 Å². The van der Waals surface area contributed by atoms with Crippen molar-refractivity contribution in [1.29, 1.82) is 0 Å². The number of benzene rings is 1. The van der Waals surface area contributed by atoms with E-state index in [2.05, 4.69) is 0 Å². The highest BCUT2D eigenvalue weighted by Gasteiger charge is 2.10. The number of ether oxygens (including phenoxy) is 1. The van der Waals surface area contributed by atoms with Crippen molar-refractivity contribution in [2.75, 3.05) is 5.73 Å². The van der Waals surface area contributed by atoms with Gasteiger partial charge in [0.1, 0.15) is 12.4 Å². The summed E-state index contributed by atoms with van der Waals surface area (Å²) in [5.41, 5.74) is 12.7. The summed E-state index contributed by atoms with van der Waals surface area (Å²) in [5, 5.41) is 3.96. The van der Waals surface area contributed by atoms with Gasteiger partial charge in [0.15, 0.2) is 0 Å². The van der Waals surface area contributed by atoms with Gasteiger partial charge in [0, 0.05) is 5.69 Å². The molecule has 0 fully saturated rings. The molecule has 0 spiro atoms. The standard InChI is InChI=1S/C12H12N2O2S/c13-9-1-2-11(10(5-9)12(14)15)16-6-8-3-4-17-7-8/h1-5,7H,6,13H2,(H2,14,15). The van der Waals surface area contributed by atoms with Gasteiger partial charge in [0.2, 0.25) is 0 Å². The largest absolute Gasteiger partial charge is 0.488 e. The molecule has 4 N–H and O–H groups in total. The molecule has 0 atom stereocenters. The van der Waals surface area contributed by atoms with Crippen LogP contribution in [0.5, 0.6) is 5.75 Å². The summed E-state index contributed by atoms with van der Waals surface area (Å²) < 4.78 is 5.55. The SMILES string of the molecule is NC(=O)c1cc(N)ccc1OCc1ccsc1. The highest BCUT2D eigenvalue weighted by molar-refractivity contribution is 7.07. The Morgan fingerprint density at radius 2 is 2.18 bits per heavy atom. The minimum Gasteiger partial charge on any atom is -0.488 e. The molecule has 0 saturated heterocycles. The molecule has 0 aliphatic heterocycles. The Kier molecular flexibility index (Phi) is 3.30. The Bertz CT molecular complexity index is 523. The molecule has 88 valence electrons. The molecule has 0 aliphatic rings. The molecule has 1 aromatic heterocycles. The molecule has 2 aromatic rings. The zero-order valence-corrected chi connectivity index (χ0v) is 9.87. The van der Waals surface area contributed by atoms with E-state index in [1.807, 2.05) is 16.8 Å². The lowest BCUT2D eigenvalue weighted by molar-refractivity contribution is 0.0996. The molecule has 0 aliphatic carbocycles. The van der Waals surface area contributed by atoms with Gasteiger partial charge in [-0.3, -0.25) is 4.79 Å². The second-order valence-electron chi connectivity index (χ2n) is 3.54. The molecule has 17 heavy (non-hydrogen) atoms. The van der Waals surface area contributed by atoms with Crippen molar-refractivity contribution >= 4 is 22.9 Å². The maximum Gasteiger partial charge on any atom is 0.252 e. The van der Waals surface area contributed by atoms with Gasteiger partial charge in [0.05, 0.1) is 5.56 Å². The number of nitrogens with two attached hydrogens (primary N) is 2. The summed E-state index contributed by atoms with van der Waals surface area (Å²) in [4.78, 5) is 11.2. The maximum atomic E-state index is 11.2. The van der Waals surface area contributed by atoms with Gasteiger partial charge in [-0.05, 0) is 40.6 Å². The lowest BCUT2D eigenvalue weighted by Gasteiger charge is -2.09. The Labute approximate surface area is 103 Å². The highest BCUT2D eigenvalue weighted by Crippen LogP contribution is 2.22. The van der Waals surface area contributed by atoms with Crippen LogP contribution < -0.4 is 16.2 Å². The van der Waals surface area contributed by atoms with E-state index in [1.54, 1.807) is 23.5 Å². The molecule has 0 saturated carbocycles. The quantitative estimate of drug-likeness (QED) is 0.812. The summed E-state index contributed by atoms with van der Waals surface area (Å²) in [7, 11) is 0. The number of hydrogen-bond acceptors (Lipinski definition) is 4. The van der Waals surface area contributed by atoms with E-state index < -0.39 is 5.91 Å². The van der Waals surface area contributed by atoms with Crippen LogP contribution in [0.3, 0.4) is 0 Å². The van der Waals surface area contributed by atoms with Crippen molar-refractivity contribution < 1.29 is 9.53 Å². The third-order valence-corrected chi connectivity index (χ3v) is 2.98. The molecule has 1 heterocycles. The highest BCUT2D eigenvalue weighted by atomic mass is 32.1. The molecule has 1 aromatic carbocycles. The van der Waals surface area contributed by atoms with E-state index in [0.717, 1.165) is 5.56 Å². The molecule has 0 unspecified atom stereocenters. The van der Waals surface area contributed by atoms with Crippen LogP contribution in [-0.2, 0) is 6.61 Å². The number of nitrogen functional groups attached to an aromatic ring is 1.